The molecule has 11 heavy (non-hydrogen) atoms. The normalized spacial score (nSPS) is 25.5. The van der Waals surface area contributed by atoms with Gasteiger partial charge in [-0.25, -0.2) is 8.78 Å². The van der Waals surface area contributed by atoms with Gasteiger partial charge in [-0.2, -0.15) is 0 Å². The zero-order chi connectivity index (χ0) is 8.43. The number of allylic oxidation sites excluding steroid dienone is 4. The molecule has 0 saturated heterocycles. The maximum Gasteiger partial charge on any atom is 0.135 e. The summed E-state index contributed by atoms with van der Waals surface area (Å²) in [6, 6.07) is 0. The van der Waals surface area contributed by atoms with E-state index in [9.17, 15) is 8.78 Å². The van der Waals surface area contributed by atoms with E-state index in [1.54, 1.807) is 22.6 Å². The molecule has 0 fully saturated rings. The van der Waals surface area contributed by atoms with Crippen LogP contribution in [-0.2, 0) is 0 Å². The standard InChI is InChI=1S/C8H9F2I/c1-2-5-3-4-6(9)8(11)7(5)10/h4-5H,2-3H2,1H3. The van der Waals surface area contributed by atoms with Crippen LogP contribution in [0.2, 0.25) is 0 Å². The summed E-state index contributed by atoms with van der Waals surface area (Å²) in [6.07, 6.45) is 2.70. The molecule has 62 valence electrons. The van der Waals surface area contributed by atoms with E-state index in [2.05, 4.69) is 0 Å². The fourth-order valence-corrected chi connectivity index (χ4v) is 1.74. The Balaban J connectivity index is 2.88. The highest BCUT2D eigenvalue weighted by atomic mass is 127. The lowest BCUT2D eigenvalue weighted by molar-refractivity contribution is 0.438. The van der Waals surface area contributed by atoms with E-state index in [0.29, 0.717) is 6.42 Å². The molecule has 0 spiro atoms. The minimum atomic E-state index is -0.409. The average molecular weight is 270 g/mol. The van der Waals surface area contributed by atoms with Gasteiger partial charge in [0, 0.05) is 5.92 Å². The van der Waals surface area contributed by atoms with E-state index in [1.165, 1.54) is 6.08 Å². The molecule has 0 saturated carbocycles. The molecule has 0 aromatic rings. The summed E-state index contributed by atoms with van der Waals surface area (Å²) in [5.74, 6) is -0.790. The molecule has 0 aromatic heterocycles. The predicted octanol–water partition coefficient (Wildman–Crippen LogP) is 3.89. The lowest BCUT2D eigenvalue weighted by Gasteiger charge is -2.16. The molecule has 0 aromatic carbocycles. The molecule has 0 amide bonds. The van der Waals surface area contributed by atoms with Crippen molar-refractivity contribution in [2.24, 2.45) is 5.92 Å². The van der Waals surface area contributed by atoms with Crippen LogP contribution in [0.3, 0.4) is 0 Å². The highest BCUT2D eigenvalue weighted by Gasteiger charge is 2.21. The molecule has 1 atom stereocenters. The first-order valence-electron chi connectivity index (χ1n) is 3.58. The molecule has 1 aliphatic rings. The highest BCUT2D eigenvalue weighted by Crippen LogP contribution is 2.36. The lowest BCUT2D eigenvalue weighted by atomic mass is 9.96. The Hall–Kier alpha value is 0.0700. The van der Waals surface area contributed by atoms with E-state index in [0.717, 1.165) is 6.42 Å². The number of hydrogen-bond donors (Lipinski definition) is 0. The van der Waals surface area contributed by atoms with Gasteiger partial charge in [0.05, 0.1) is 3.58 Å². The van der Waals surface area contributed by atoms with Crippen LogP contribution in [0.1, 0.15) is 19.8 Å². The fraction of sp³-hybridized carbons (Fsp3) is 0.500. The SMILES string of the molecule is CCC1CC=C(F)C(I)=C1F. The lowest BCUT2D eigenvalue weighted by Crippen LogP contribution is -2.04. The molecule has 3 heteroatoms. The Morgan fingerprint density at radius 3 is 2.82 bits per heavy atom. The largest absolute Gasteiger partial charge is 0.210 e. The zero-order valence-corrected chi connectivity index (χ0v) is 8.36. The second-order valence-corrected chi connectivity index (χ2v) is 3.63. The van der Waals surface area contributed by atoms with Gasteiger partial charge < -0.3 is 0 Å². The van der Waals surface area contributed by atoms with Crippen LogP contribution in [-0.4, -0.2) is 0 Å². The van der Waals surface area contributed by atoms with Gasteiger partial charge in [-0.3, -0.25) is 0 Å². The molecule has 0 radical (unpaired) electrons. The van der Waals surface area contributed by atoms with Crippen molar-refractivity contribution < 1.29 is 8.78 Å². The first kappa shape index (κ1) is 9.16. The Morgan fingerprint density at radius 1 is 1.64 bits per heavy atom. The van der Waals surface area contributed by atoms with Gasteiger partial charge >= 0.3 is 0 Å². The molecule has 0 aliphatic heterocycles. The summed E-state index contributed by atoms with van der Waals surface area (Å²) in [5.41, 5.74) is 0. The Bertz CT molecular complexity index is 218. The molecule has 1 rings (SSSR count). The summed E-state index contributed by atoms with van der Waals surface area (Å²) in [4.78, 5) is 0. The van der Waals surface area contributed by atoms with Gasteiger partial charge in [0.15, 0.2) is 0 Å². The average Bonchev–Trinajstić information content (AvgIpc) is 2.01. The molecule has 1 unspecified atom stereocenters. The molecule has 0 heterocycles. The van der Waals surface area contributed by atoms with Crippen LogP contribution in [0.15, 0.2) is 21.3 Å². The van der Waals surface area contributed by atoms with Crippen LogP contribution in [0, 0.1) is 5.92 Å². The van der Waals surface area contributed by atoms with Gasteiger partial charge in [-0.1, -0.05) is 6.92 Å². The second-order valence-electron chi connectivity index (χ2n) is 2.55. The van der Waals surface area contributed by atoms with Crippen molar-refractivity contribution in [3.63, 3.8) is 0 Å². The van der Waals surface area contributed by atoms with E-state index < -0.39 is 5.83 Å². The van der Waals surface area contributed by atoms with E-state index in [1.807, 2.05) is 6.92 Å². The van der Waals surface area contributed by atoms with Crippen molar-refractivity contribution in [2.75, 3.05) is 0 Å². The zero-order valence-electron chi connectivity index (χ0n) is 6.20. The van der Waals surface area contributed by atoms with Crippen LogP contribution < -0.4 is 0 Å². The number of hydrogen-bond acceptors (Lipinski definition) is 0. The summed E-state index contributed by atoms with van der Waals surface area (Å²) >= 11 is 1.71. The van der Waals surface area contributed by atoms with E-state index in [-0.39, 0.29) is 15.3 Å². The molecule has 1 aliphatic carbocycles. The third-order valence-electron chi connectivity index (χ3n) is 1.85. The van der Waals surface area contributed by atoms with Gasteiger partial charge in [0.1, 0.15) is 11.7 Å². The van der Waals surface area contributed by atoms with Gasteiger partial charge in [-0.15, -0.1) is 0 Å². The summed E-state index contributed by atoms with van der Waals surface area (Å²) in [5, 5.41) is 0. The molecule has 0 nitrogen and oxygen atoms in total. The van der Waals surface area contributed by atoms with E-state index >= 15 is 0 Å². The third kappa shape index (κ3) is 1.80. The smallest absolute Gasteiger partial charge is 0.135 e. The van der Waals surface area contributed by atoms with Crippen molar-refractivity contribution in [1.29, 1.82) is 0 Å². The minimum absolute atomic E-state index is 0.0959. The first-order valence-corrected chi connectivity index (χ1v) is 4.65. The number of halogens is 3. The highest BCUT2D eigenvalue weighted by molar-refractivity contribution is 14.1. The van der Waals surface area contributed by atoms with Crippen LogP contribution >= 0.6 is 22.6 Å². The van der Waals surface area contributed by atoms with Crippen LogP contribution in [0.25, 0.3) is 0 Å². The maximum atomic E-state index is 13.1. The van der Waals surface area contributed by atoms with Gasteiger partial charge in [-0.05, 0) is 41.5 Å². The second kappa shape index (κ2) is 3.65. The Morgan fingerprint density at radius 2 is 2.27 bits per heavy atom. The van der Waals surface area contributed by atoms with Crippen molar-refractivity contribution in [3.8, 4) is 0 Å². The molecular weight excluding hydrogens is 261 g/mol. The third-order valence-corrected chi connectivity index (χ3v) is 2.88. The molecular formula is C8H9F2I. The van der Waals surface area contributed by atoms with Gasteiger partial charge in [0.2, 0.25) is 0 Å². The topological polar surface area (TPSA) is 0 Å². The summed E-state index contributed by atoms with van der Waals surface area (Å²) in [6.45, 7) is 1.91. The van der Waals surface area contributed by atoms with Crippen LogP contribution in [0.4, 0.5) is 8.78 Å². The summed E-state index contributed by atoms with van der Waals surface area (Å²) < 4.78 is 25.9. The van der Waals surface area contributed by atoms with E-state index in [4.69, 9.17) is 0 Å². The van der Waals surface area contributed by atoms with Crippen molar-refractivity contribution >= 4 is 22.6 Å². The minimum Gasteiger partial charge on any atom is -0.210 e. The first-order chi connectivity index (χ1) is 5.16. The van der Waals surface area contributed by atoms with Crippen LogP contribution in [0.5, 0.6) is 0 Å². The predicted molar refractivity (Wildman–Crippen MR) is 49.7 cm³/mol. The quantitative estimate of drug-likeness (QED) is 0.634. The maximum absolute atomic E-state index is 13.1. The fourth-order valence-electron chi connectivity index (χ4n) is 1.08. The Labute approximate surface area is 78.5 Å². The van der Waals surface area contributed by atoms with Crippen molar-refractivity contribution in [2.45, 2.75) is 19.8 Å². The van der Waals surface area contributed by atoms with Crippen molar-refractivity contribution in [3.05, 3.63) is 21.3 Å². The summed E-state index contributed by atoms with van der Waals surface area (Å²) in [7, 11) is 0. The van der Waals surface area contributed by atoms with Crippen molar-refractivity contribution in [1.82, 2.24) is 0 Å². The number of rotatable bonds is 1. The molecule has 0 bridgehead atoms. The van der Waals surface area contributed by atoms with Gasteiger partial charge in [0.25, 0.3) is 0 Å². The molecule has 0 N–H and O–H groups in total. The Kier molecular flexibility index (Phi) is 3.04. The monoisotopic (exact) mass is 270 g/mol.